The van der Waals surface area contributed by atoms with Crippen molar-refractivity contribution in [3.8, 4) is 11.3 Å². The van der Waals surface area contributed by atoms with E-state index in [1.54, 1.807) is 7.05 Å². The van der Waals surface area contributed by atoms with Crippen LogP contribution in [0.5, 0.6) is 0 Å². The van der Waals surface area contributed by atoms with Crippen molar-refractivity contribution >= 4 is 11.9 Å². The number of carbonyl (C=O) groups is 2. The lowest BCUT2D eigenvalue weighted by atomic mass is 10.1. The SMILES string of the molecule is CN(CCCc1cc(-c2ccccc2)no1)C(=O)C1(C(=O)O)CC1. The molecule has 1 amide bonds. The monoisotopic (exact) mass is 328 g/mol. The van der Waals surface area contributed by atoms with Gasteiger partial charge in [-0.1, -0.05) is 35.5 Å². The predicted molar refractivity (Wildman–Crippen MR) is 87.2 cm³/mol. The van der Waals surface area contributed by atoms with E-state index in [0.717, 1.165) is 17.0 Å². The maximum atomic E-state index is 12.2. The minimum Gasteiger partial charge on any atom is -0.480 e. The minimum absolute atomic E-state index is 0.294. The van der Waals surface area contributed by atoms with Gasteiger partial charge in [0.2, 0.25) is 5.91 Å². The van der Waals surface area contributed by atoms with Gasteiger partial charge >= 0.3 is 5.97 Å². The van der Waals surface area contributed by atoms with Crippen LogP contribution in [0.1, 0.15) is 25.0 Å². The number of nitrogens with zero attached hydrogens (tertiary/aromatic N) is 2. The summed E-state index contributed by atoms with van der Waals surface area (Å²) in [4.78, 5) is 24.9. The first kappa shape index (κ1) is 16.2. The van der Waals surface area contributed by atoms with E-state index in [2.05, 4.69) is 5.16 Å². The summed E-state index contributed by atoms with van der Waals surface area (Å²) in [5.41, 5.74) is 0.622. The molecule has 0 atom stereocenters. The van der Waals surface area contributed by atoms with Crippen molar-refractivity contribution in [2.75, 3.05) is 13.6 Å². The highest BCUT2D eigenvalue weighted by Crippen LogP contribution is 2.47. The smallest absolute Gasteiger partial charge is 0.319 e. The molecule has 126 valence electrons. The molecule has 0 radical (unpaired) electrons. The first-order valence-electron chi connectivity index (χ1n) is 8.03. The Hall–Kier alpha value is -2.63. The fourth-order valence-corrected chi connectivity index (χ4v) is 2.78. The Kier molecular flexibility index (Phi) is 4.38. The predicted octanol–water partition coefficient (Wildman–Crippen LogP) is 2.60. The van der Waals surface area contributed by atoms with E-state index in [1.165, 1.54) is 4.90 Å². The van der Waals surface area contributed by atoms with Crippen LogP contribution >= 0.6 is 0 Å². The average Bonchev–Trinajstić information content (AvgIpc) is 3.28. The van der Waals surface area contributed by atoms with Crippen LogP contribution in [-0.2, 0) is 16.0 Å². The lowest BCUT2D eigenvalue weighted by Gasteiger charge is -2.20. The summed E-state index contributed by atoms with van der Waals surface area (Å²) in [6, 6.07) is 11.7. The number of carbonyl (C=O) groups excluding carboxylic acids is 1. The standard InChI is InChI=1S/C18H20N2O4/c1-20(16(21)18(9-10-18)17(22)23)11-5-8-14-12-15(19-24-14)13-6-3-2-4-7-13/h2-4,6-7,12H,5,8-11H2,1H3,(H,22,23). The number of amides is 1. The van der Waals surface area contributed by atoms with Gasteiger partial charge in [-0.3, -0.25) is 9.59 Å². The average molecular weight is 328 g/mol. The number of benzene rings is 1. The van der Waals surface area contributed by atoms with Gasteiger partial charge in [0.25, 0.3) is 0 Å². The van der Waals surface area contributed by atoms with Crippen molar-refractivity contribution in [2.24, 2.45) is 5.41 Å². The van der Waals surface area contributed by atoms with Gasteiger partial charge in [-0.2, -0.15) is 0 Å². The van der Waals surface area contributed by atoms with Crippen LogP contribution in [0.2, 0.25) is 0 Å². The molecule has 1 heterocycles. The van der Waals surface area contributed by atoms with E-state index >= 15 is 0 Å². The number of aryl methyl sites for hydroxylation is 1. The molecule has 1 aliphatic rings. The van der Waals surface area contributed by atoms with Crippen molar-refractivity contribution in [1.29, 1.82) is 0 Å². The van der Waals surface area contributed by atoms with Crippen LogP contribution in [0.15, 0.2) is 40.9 Å². The third-order valence-electron chi connectivity index (χ3n) is 4.46. The van der Waals surface area contributed by atoms with Gasteiger partial charge in [0.05, 0.1) is 0 Å². The van der Waals surface area contributed by atoms with E-state index in [-0.39, 0.29) is 5.91 Å². The lowest BCUT2D eigenvalue weighted by molar-refractivity contribution is -0.152. The van der Waals surface area contributed by atoms with Crippen LogP contribution in [-0.4, -0.2) is 40.6 Å². The van der Waals surface area contributed by atoms with Crippen LogP contribution in [0.3, 0.4) is 0 Å². The Balaban J connectivity index is 1.51. The second-order valence-electron chi connectivity index (χ2n) is 6.26. The molecule has 3 rings (SSSR count). The molecule has 0 aliphatic heterocycles. The number of hydrogen-bond acceptors (Lipinski definition) is 4. The molecule has 6 heteroatoms. The van der Waals surface area contributed by atoms with E-state index < -0.39 is 11.4 Å². The lowest BCUT2D eigenvalue weighted by Crippen LogP contribution is -2.39. The number of aromatic nitrogens is 1. The van der Waals surface area contributed by atoms with E-state index in [4.69, 9.17) is 9.63 Å². The van der Waals surface area contributed by atoms with Gasteiger partial charge in [-0.25, -0.2) is 0 Å². The molecule has 1 fully saturated rings. The summed E-state index contributed by atoms with van der Waals surface area (Å²) < 4.78 is 5.33. The zero-order valence-corrected chi connectivity index (χ0v) is 13.6. The fraction of sp³-hybridized carbons (Fsp3) is 0.389. The molecule has 0 saturated heterocycles. The van der Waals surface area contributed by atoms with E-state index in [9.17, 15) is 9.59 Å². The molecule has 1 aromatic carbocycles. The highest BCUT2D eigenvalue weighted by Gasteiger charge is 2.58. The number of aliphatic carboxylic acids is 1. The van der Waals surface area contributed by atoms with Crippen molar-refractivity contribution in [1.82, 2.24) is 10.1 Å². The van der Waals surface area contributed by atoms with Gasteiger partial charge in [0.15, 0.2) is 0 Å². The highest BCUT2D eigenvalue weighted by molar-refractivity contribution is 6.04. The zero-order chi connectivity index (χ0) is 17.2. The maximum Gasteiger partial charge on any atom is 0.319 e. The molecule has 24 heavy (non-hydrogen) atoms. The molecule has 1 saturated carbocycles. The summed E-state index contributed by atoms with van der Waals surface area (Å²) in [5, 5.41) is 13.2. The Morgan fingerprint density at radius 1 is 1.29 bits per heavy atom. The molecule has 1 N–H and O–H groups in total. The van der Waals surface area contributed by atoms with E-state index in [1.807, 2.05) is 36.4 Å². The summed E-state index contributed by atoms with van der Waals surface area (Å²) >= 11 is 0. The summed E-state index contributed by atoms with van der Waals surface area (Å²) in [6.07, 6.45) is 2.22. The summed E-state index contributed by atoms with van der Waals surface area (Å²) in [5.74, 6) is -0.547. The topological polar surface area (TPSA) is 83.6 Å². The van der Waals surface area contributed by atoms with Crippen molar-refractivity contribution in [2.45, 2.75) is 25.7 Å². The Morgan fingerprint density at radius 3 is 2.62 bits per heavy atom. The van der Waals surface area contributed by atoms with Gasteiger partial charge < -0.3 is 14.5 Å². The molecule has 1 aliphatic carbocycles. The number of carboxylic acid groups (broad SMARTS) is 1. The Bertz CT molecular complexity index is 734. The third kappa shape index (κ3) is 3.18. The number of carboxylic acids is 1. The van der Waals surface area contributed by atoms with Crippen molar-refractivity contribution in [3.05, 3.63) is 42.2 Å². The van der Waals surface area contributed by atoms with Crippen LogP contribution in [0.25, 0.3) is 11.3 Å². The molecule has 0 bridgehead atoms. The van der Waals surface area contributed by atoms with Crippen molar-refractivity contribution < 1.29 is 19.2 Å². The summed E-state index contributed by atoms with van der Waals surface area (Å²) in [6.45, 7) is 0.495. The minimum atomic E-state index is -1.17. The van der Waals surface area contributed by atoms with Gasteiger partial charge in [-0.15, -0.1) is 0 Å². The second kappa shape index (κ2) is 6.47. The Morgan fingerprint density at radius 2 is 2.00 bits per heavy atom. The molecule has 0 unspecified atom stereocenters. The normalized spacial score (nSPS) is 15.0. The largest absolute Gasteiger partial charge is 0.480 e. The molecule has 0 spiro atoms. The quantitative estimate of drug-likeness (QED) is 0.790. The second-order valence-corrected chi connectivity index (χ2v) is 6.26. The van der Waals surface area contributed by atoms with Crippen LogP contribution in [0.4, 0.5) is 0 Å². The maximum absolute atomic E-state index is 12.2. The molecule has 2 aromatic rings. The van der Waals surface area contributed by atoms with Gasteiger partial charge in [0.1, 0.15) is 16.9 Å². The third-order valence-corrected chi connectivity index (χ3v) is 4.46. The molecule has 1 aromatic heterocycles. The first-order valence-corrected chi connectivity index (χ1v) is 8.03. The van der Waals surface area contributed by atoms with Gasteiger partial charge in [-0.05, 0) is 19.3 Å². The Labute approximate surface area is 140 Å². The highest BCUT2D eigenvalue weighted by atomic mass is 16.5. The van der Waals surface area contributed by atoms with Crippen molar-refractivity contribution in [3.63, 3.8) is 0 Å². The molecular formula is C18H20N2O4. The first-order chi connectivity index (χ1) is 11.5. The zero-order valence-electron chi connectivity index (χ0n) is 13.6. The van der Waals surface area contributed by atoms with E-state index in [0.29, 0.717) is 32.2 Å². The number of rotatable bonds is 7. The van der Waals surface area contributed by atoms with Crippen LogP contribution in [0, 0.1) is 5.41 Å². The fourth-order valence-electron chi connectivity index (χ4n) is 2.78. The summed E-state index contributed by atoms with van der Waals surface area (Å²) in [7, 11) is 1.65. The van der Waals surface area contributed by atoms with Crippen LogP contribution < -0.4 is 0 Å². The molecular weight excluding hydrogens is 308 g/mol. The molecule has 6 nitrogen and oxygen atoms in total. The number of hydrogen-bond donors (Lipinski definition) is 1. The van der Waals surface area contributed by atoms with Gasteiger partial charge in [0, 0.05) is 31.6 Å².